The first kappa shape index (κ1) is 24.0. The predicted molar refractivity (Wildman–Crippen MR) is 123 cm³/mol. The molecule has 3 aliphatic carbocycles. The highest BCUT2D eigenvalue weighted by atomic mass is 16.5. The minimum Gasteiger partial charge on any atom is -0.392 e. The van der Waals surface area contributed by atoms with Gasteiger partial charge in [0.05, 0.1) is 25.4 Å². The molecule has 0 spiro atoms. The van der Waals surface area contributed by atoms with Gasteiger partial charge in [0.25, 0.3) is 0 Å². The third kappa shape index (κ3) is 6.18. The lowest BCUT2D eigenvalue weighted by molar-refractivity contribution is 0.0919. The number of fused-ring (bicyclic) bond motifs is 1. The fraction of sp³-hybridized carbons (Fsp3) is 0.846. The van der Waals surface area contributed by atoms with E-state index in [1.54, 1.807) is 0 Å². The third-order valence-corrected chi connectivity index (χ3v) is 7.83. The van der Waals surface area contributed by atoms with Crippen LogP contribution in [0.15, 0.2) is 23.8 Å². The molecule has 0 radical (unpaired) electrons. The van der Waals surface area contributed by atoms with Crippen LogP contribution in [0.1, 0.15) is 72.6 Å². The van der Waals surface area contributed by atoms with Crippen molar-refractivity contribution in [3.8, 4) is 0 Å². The van der Waals surface area contributed by atoms with Crippen molar-refractivity contribution in [1.29, 1.82) is 0 Å². The second kappa shape index (κ2) is 11.3. The largest absolute Gasteiger partial charge is 0.392 e. The van der Waals surface area contributed by atoms with Crippen LogP contribution in [0.25, 0.3) is 0 Å². The lowest BCUT2D eigenvalue weighted by Crippen LogP contribution is -2.39. The first-order chi connectivity index (χ1) is 14.4. The van der Waals surface area contributed by atoms with Crippen LogP contribution in [0.5, 0.6) is 0 Å². The minimum atomic E-state index is -0.334. The average Bonchev–Trinajstić information content (AvgIpc) is 3.39. The molecule has 3 aliphatic rings. The van der Waals surface area contributed by atoms with Gasteiger partial charge in [-0.1, -0.05) is 36.6 Å². The fourth-order valence-electron chi connectivity index (χ4n) is 6.18. The van der Waals surface area contributed by atoms with Gasteiger partial charge in [0.2, 0.25) is 0 Å². The van der Waals surface area contributed by atoms with Crippen LogP contribution in [0.4, 0.5) is 0 Å². The molecular weight excluding hydrogens is 374 g/mol. The van der Waals surface area contributed by atoms with Crippen molar-refractivity contribution in [3.63, 3.8) is 0 Å². The molecule has 0 bridgehead atoms. The molecule has 0 aromatic rings. The molecule has 0 saturated heterocycles. The molecule has 0 unspecified atom stereocenters. The molecule has 0 aromatic carbocycles. The van der Waals surface area contributed by atoms with Crippen molar-refractivity contribution in [3.05, 3.63) is 23.8 Å². The van der Waals surface area contributed by atoms with Crippen LogP contribution >= 0.6 is 0 Å². The van der Waals surface area contributed by atoms with Crippen LogP contribution in [0.3, 0.4) is 0 Å². The maximum Gasteiger partial charge on any atom is 0.0749 e. The maximum atomic E-state index is 10.6. The van der Waals surface area contributed by atoms with E-state index in [0.29, 0.717) is 36.4 Å². The molecule has 0 aromatic heterocycles. The average molecular weight is 420 g/mol. The summed E-state index contributed by atoms with van der Waals surface area (Å²) in [6, 6.07) is 1.09. The van der Waals surface area contributed by atoms with E-state index in [-0.39, 0.29) is 18.1 Å². The quantitative estimate of drug-likeness (QED) is 0.402. The number of hydrogen-bond donors (Lipinski definition) is 2. The summed E-state index contributed by atoms with van der Waals surface area (Å²) in [7, 11) is 0. The highest BCUT2D eigenvalue weighted by Gasteiger charge is 2.45. The Morgan fingerprint density at radius 2 is 1.80 bits per heavy atom. The molecule has 172 valence electrons. The Balaban J connectivity index is 1.44. The van der Waals surface area contributed by atoms with Crippen LogP contribution < -0.4 is 0 Å². The summed E-state index contributed by atoms with van der Waals surface area (Å²) in [4.78, 5) is 2.46. The summed E-state index contributed by atoms with van der Waals surface area (Å²) >= 11 is 0. The maximum absolute atomic E-state index is 10.6. The second-order valence-electron chi connectivity index (χ2n) is 10.5. The first-order valence-electron chi connectivity index (χ1n) is 12.4. The zero-order valence-electron chi connectivity index (χ0n) is 19.7. The fourth-order valence-corrected chi connectivity index (χ4v) is 6.18. The smallest absolute Gasteiger partial charge is 0.0749 e. The summed E-state index contributed by atoms with van der Waals surface area (Å²) in [6.07, 6.45) is 13.7. The normalized spacial score (nSPS) is 32.5. The number of rotatable bonds is 10. The van der Waals surface area contributed by atoms with Crippen molar-refractivity contribution < 1.29 is 14.9 Å². The summed E-state index contributed by atoms with van der Waals surface area (Å²) < 4.78 is 5.92. The zero-order chi connectivity index (χ0) is 21.7. The van der Waals surface area contributed by atoms with Gasteiger partial charge in [-0.25, -0.2) is 0 Å². The molecule has 2 N–H and O–H groups in total. The molecule has 3 rings (SSSR count). The Bertz CT molecular complexity index is 571. The summed E-state index contributed by atoms with van der Waals surface area (Å²) in [6.45, 7) is 11.4. The molecule has 0 aliphatic heterocycles. The van der Waals surface area contributed by atoms with Crippen LogP contribution in [-0.4, -0.2) is 59.2 Å². The van der Waals surface area contributed by atoms with Crippen molar-refractivity contribution in [1.82, 2.24) is 4.90 Å². The van der Waals surface area contributed by atoms with Crippen LogP contribution in [0, 0.1) is 23.7 Å². The summed E-state index contributed by atoms with van der Waals surface area (Å²) in [5.74, 6) is 1.73. The van der Waals surface area contributed by atoms with Gasteiger partial charge in [-0.3, -0.25) is 4.90 Å². The van der Waals surface area contributed by atoms with Gasteiger partial charge in [0.15, 0.2) is 0 Å². The van der Waals surface area contributed by atoms with Gasteiger partial charge in [-0.2, -0.15) is 0 Å². The molecule has 3 saturated carbocycles. The summed E-state index contributed by atoms with van der Waals surface area (Å²) in [5, 5.41) is 21.0. The van der Waals surface area contributed by atoms with Crippen molar-refractivity contribution in [2.45, 2.75) is 96.9 Å². The Labute approximate surface area is 184 Å². The van der Waals surface area contributed by atoms with E-state index >= 15 is 0 Å². The minimum absolute atomic E-state index is 0.198. The second-order valence-corrected chi connectivity index (χ2v) is 10.5. The molecule has 4 heteroatoms. The number of aliphatic hydroxyl groups excluding tert-OH is 2. The monoisotopic (exact) mass is 419 g/mol. The zero-order valence-corrected chi connectivity index (χ0v) is 19.7. The van der Waals surface area contributed by atoms with E-state index in [1.165, 1.54) is 18.4 Å². The predicted octanol–water partition coefficient (Wildman–Crippen LogP) is 4.56. The number of nitrogens with zero attached hydrogens (tertiary/aromatic N) is 1. The van der Waals surface area contributed by atoms with Crippen molar-refractivity contribution in [2.24, 2.45) is 23.7 Å². The van der Waals surface area contributed by atoms with E-state index in [0.717, 1.165) is 45.3 Å². The Morgan fingerprint density at radius 1 is 1.10 bits per heavy atom. The lowest BCUT2D eigenvalue weighted by atomic mass is 9.89. The molecule has 0 heterocycles. The first-order valence-corrected chi connectivity index (χ1v) is 12.4. The highest BCUT2D eigenvalue weighted by Crippen LogP contribution is 2.50. The van der Waals surface area contributed by atoms with E-state index in [9.17, 15) is 10.2 Å². The topological polar surface area (TPSA) is 52.9 Å². The Morgan fingerprint density at radius 3 is 2.47 bits per heavy atom. The van der Waals surface area contributed by atoms with E-state index in [2.05, 4.69) is 44.7 Å². The van der Waals surface area contributed by atoms with E-state index < -0.39 is 0 Å². The molecule has 5 atom stereocenters. The van der Waals surface area contributed by atoms with Crippen LogP contribution in [-0.2, 0) is 4.74 Å². The number of ether oxygens (including phenoxy) is 1. The van der Waals surface area contributed by atoms with Gasteiger partial charge >= 0.3 is 0 Å². The number of hydrogen-bond acceptors (Lipinski definition) is 4. The highest BCUT2D eigenvalue weighted by molar-refractivity contribution is 5.18. The van der Waals surface area contributed by atoms with E-state index in [4.69, 9.17) is 4.74 Å². The van der Waals surface area contributed by atoms with Gasteiger partial charge in [-0.05, 0) is 77.6 Å². The van der Waals surface area contributed by atoms with Gasteiger partial charge in [-0.15, -0.1) is 0 Å². The third-order valence-electron chi connectivity index (χ3n) is 7.83. The van der Waals surface area contributed by atoms with Gasteiger partial charge < -0.3 is 14.9 Å². The number of allylic oxidation sites excluding steroid dienone is 1. The van der Waals surface area contributed by atoms with Crippen molar-refractivity contribution in [2.75, 3.05) is 19.8 Å². The molecule has 4 nitrogen and oxygen atoms in total. The summed E-state index contributed by atoms with van der Waals surface area (Å²) in [5.41, 5.74) is 1.50. The number of aliphatic hydroxyl groups is 2. The SMILES string of the molecule is CC(C)N(CCOC/C=C1\C[C@H]2C[C@@H](O)[C@H](/C=C/[C@@H](O)C3CCCC3)[C@H]2C1)C(C)C. The van der Waals surface area contributed by atoms with E-state index in [1.807, 2.05) is 6.08 Å². The Hall–Kier alpha value is -0.680. The standard InChI is InChI=1S/C26H45NO3/c1-18(2)27(19(3)4)12-14-30-13-11-20-15-22-17-26(29)23(24(22)16-20)9-10-25(28)21-7-5-6-8-21/h9-11,18-19,21-26,28-29H,5-8,12-17H2,1-4H3/b10-9+,20-11+/t22-,23+,24-,25+,26+/m0/s1. The molecule has 3 fully saturated rings. The van der Waals surface area contributed by atoms with Gasteiger partial charge in [0.1, 0.15) is 0 Å². The molecule has 30 heavy (non-hydrogen) atoms. The van der Waals surface area contributed by atoms with Crippen LogP contribution in [0.2, 0.25) is 0 Å². The lowest BCUT2D eigenvalue weighted by Gasteiger charge is -2.30. The van der Waals surface area contributed by atoms with Gasteiger partial charge in [0, 0.05) is 24.5 Å². The Kier molecular flexibility index (Phi) is 9.00. The molecular formula is C26H45NO3. The van der Waals surface area contributed by atoms with Crippen molar-refractivity contribution >= 4 is 0 Å². The molecule has 0 amide bonds.